The number of anilines is 1. The van der Waals surface area contributed by atoms with E-state index in [1.165, 1.54) is 11.8 Å². The van der Waals surface area contributed by atoms with Crippen molar-refractivity contribution in [3.8, 4) is 5.69 Å². The highest BCUT2D eigenvalue weighted by atomic mass is 32.2. The average molecular weight is 469 g/mol. The minimum atomic E-state index is -0.179. The van der Waals surface area contributed by atoms with E-state index in [0.29, 0.717) is 16.2 Å². The second-order valence-corrected chi connectivity index (χ2v) is 9.24. The summed E-state index contributed by atoms with van der Waals surface area (Å²) < 4.78 is 1.63. The maximum atomic E-state index is 13.8. The van der Waals surface area contributed by atoms with Crippen LogP contribution < -0.4 is 10.5 Å². The molecule has 7 heteroatoms. The summed E-state index contributed by atoms with van der Waals surface area (Å²) in [6.45, 7) is 3.97. The number of thioether (sulfide) groups is 1. The summed E-state index contributed by atoms with van der Waals surface area (Å²) in [7, 11) is 1.76. The van der Waals surface area contributed by atoms with Crippen LogP contribution in [0.1, 0.15) is 11.1 Å². The van der Waals surface area contributed by atoms with Gasteiger partial charge in [-0.1, -0.05) is 60.3 Å². The number of hydrogen-bond donors (Lipinski definition) is 1. The number of carbonyl (C=O) groups is 1. The Labute approximate surface area is 201 Å². The molecule has 170 valence electrons. The fraction of sp³-hybridized carbons (Fsp3) is 0.148. The third kappa shape index (κ3) is 3.88. The highest BCUT2D eigenvalue weighted by molar-refractivity contribution is 7.99. The second kappa shape index (κ2) is 8.83. The predicted octanol–water partition coefficient (Wildman–Crippen LogP) is 5.24. The SMILES string of the molecule is Cc1ccc(C)c(-n2c(SCC(=O)N(C)c3ccccc3)nc3c([nH]c4ccccc43)c2=O)c1. The number of para-hydroxylation sites is 2. The number of aryl methyl sites for hydroxylation is 2. The number of nitrogens with one attached hydrogen (secondary N) is 1. The summed E-state index contributed by atoms with van der Waals surface area (Å²) in [5.74, 6) is 0.0771. The third-order valence-corrected chi connectivity index (χ3v) is 6.87. The van der Waals surface area contributed by atoms with Crippen LogP contribution in [0.3, 0.4) is 0 Å². The number of aromatic nitrogens is 3. The molecular weight excluding hydrogens is 444 g/mol. The van der Waals surface area contributed by atoms with E-state index >= 15 is 0 Å². The van der Waals surface area contributed by atoms with Crippen molar-refractivity contribution >= 4 is 45.3 Å². The Hall–Kier alpha value is -3.84. The number of rotatable bonds is 5. The largest absolute Gasteiger partial charge is 0.349 e. The van der Waals surface area contributed by atoms with E-state index in [2.05, 4.69) is 4.98 Å². The minimum absolute atomic E-state index is 0.0722. The Balaban J connectivity index is 1.63. The summed E-state index contributed by atoms with van der Waals surface area (Å²) in [6, 6.07) is 23.2. The number of H-pyrrole nitrogens is 1. The zero-order chi connectivity index (χ0) is 23.8. The number of aromatic amines is 1. The van der Waals surface area contributed by atoms with Gasteiger partial charge >= 0.3 is 0 Å². The smallest absolute Gasteiger partial charge is 0.283 e. The zero-order valence-electron chi connectivity index (χ0n) is 19.2. The lowest BCUT2D eigenvalue weighted by Crippen LogP contribution is -2.28. The van der Waals surface area contributed by atoms with Gasteiger partial charge in [-0.2, -0.15) is 0 Å². The van der Waals surface area contributed by atoms with E-state index in [9.17, 15) is 9.59 Å². The van der Waals surface area contributed by atoms with Gasteiger partial charge in [-0.05, 0) is 49.2 Å². The van der Waals surface area contributed by atoms with Gasteiger partial charge in [-0.3, -0.25) is 14.2 Å². The Morgan fingerprint density at radius 1 is 1.03 bits per heavy atom. The van der Waals surface area contributed by atoms with Gasteiger partial charge in [-0.15, -0.1) is 0 Å². The molecule has 0 atom stereocenters. The number of carbonyl (C=O) groups excluding carboxylic acids is 1. The highest BCUT2D eigenvalue weighted by Gasteiger charge is 2.20. The quantitative estimate of drug-likeness (QED) is 0.283. The monoisotopic (exact) mass is 468 g/mol. The Bertz CT molecular complexity index is 1590. The van der Waals surface area contributed by atoms with Crippen molar-refractivity contribution in [2.75, 3.05) is 17.7 Å². The first-order valence-corrected chi connectivity index (χ1v) is 12.0. The molecule has 2 heterocycles. The molecule has 0 saturated heterocycles. The molecule has 5 rings (SSSR count). The van der Waals surface area contributed by atoms with Crippen LogP contribution in [0.15, 0.2) is 82.7 Å². The molecule has 2 aromatic heterocycles. The van der Waals surface area contributed by atoms with E-state index < -0.39 is 0 Å². The summed E-state index contributed by atoms with van der Waals surface area (Å²) >= 11 is 1.28. The minimum Gasteiger partial charge on any atom is -0.349 e. The first-order valence-electron chi connectivity index (χ1n) is 11.0. The van der Waals surface area contributed by atoms with E-state index in [0.717, 1.165) is 33.4 Å². The number of amides is 1. The topological polar surface area (TPSA) is 71.0 Å². The lowest BCUT2D eigenvalue weighted by atomic mass is 10.1. The summed E-state index contributed by atoms with van der Waals surface area (Å²) in [5, 5.41) is 1.38. The number of benzene rings is 3. The molecule has 0 radical (unpaired) electrons. The molecule has 5 aromatic rings. The highest BCUT2D eigenvalue weighted by Crippen LogP contribution is 2.28. The number of nitrogens with zero attached hydrogens (tertiary/aromatic N) is 3. The van der Waals surface area contributed by atoms with Gasteiger partial charge in [-0.25, -0.2) is 4.98 Å². The maximum Gasteiger partial charge on any atom is 0.283 e. The van der Waals surface area contributed by atoms with Crippen LogP contribution in [0.25, 0.3) is 27.6 Å². The van der Waals surface area contributed by atoms with Crippen molar-refractivity contribution in [3.63, 3.8) is 0 Å². The van der Waals surface area contributed by atoms with E-state index in [1.807, 2.05) is 86.6 Å². The van der Waals surface area contributed by atoms with E-state index in [1.54, 1.807) is 16.5 Å². The third-order valence-electron chi connectivity index (χ3n) is 5.94. The normalized spacial score (nSPS) is 11.3. The molecule has 34 heavy (non-hydrogen) atoms. The van der Waals surface area contributed by atoms with Gasteiger partial charge in [0.25, 0.3) is 5.56 Å². The van der Waals surface area contributed by atoms with Gasteiger partial charge in [0.15, 0.2) is 5.16 Å². The molecule has 1 amide bonds. The predicted molar refractivity (Wildman–Crippen MR) is 139 cm³/mol. The summed E-state index contributed by atoms with van der Waals surface area (Å²) in [5.41, 5.74) is 5.34. The van der Waals surface area contributed by atoms with Crippen molar-refractivity contribution in [1.29, 1.82) is 0 Å². The molecule has 0 fully saturated rings. The molecule has 3 aromatic carbocycles. The van der Waals surface area contributed by atoms with E-state index in [-0.39, 0.29) is 17.2 Å². The molecule has 0 aliphatic heterocycles. The van der Waals surface area contributed by atoms with Crippen molar-refractivity contribution in [1.82, 2.24) is 14.5 Å². The van der Waals surface area contributed by atoms with Gasteiger partial charge in [0, 0.05) is 23.6 Å². The Kier molecular flexibility index (Phi) is 5.71. The van der Waals surface area contributed by atoms with Gasteiger partial charge in [0.2, 0.25) is 5.91 Å². The number of fused-ring (bicyclic) bond motifs is 3. The molecule has 0 unspecified atom stereocenters. The first-order chi connectivity index (χ1) is 16.4. The standard InChI is InChI=1S/C27H24N4O2S/c1-17-13-14-18(2)22(15-17)31-26(33)25-24(20-11-7-8-12-21(20)28-25)29-27(31)34-16-23(32)30(3)19-9-5-4-6-10-19/h4-15,28H,16H2,1-3H3. The molecule has 0 aliphatic rings. The molecule has 0 spiro atoms. The van der Waals surface area contributed by atoms with Crippen LogP contribution in [-0.2, 0) is 4.79 Å². The summed E-state index contributed by atoms with van der Waals surface area (Å²) in [4.78, 5) is 36.5. The molecule has 6 nitrogen and oxygen atoms in total. The summed E-state index contributed by atoms with van der Waals surface area (Å²) in [6.07, 6.45) is 0. The van der Waals surface area contributed by atoms with Crippen molar-refractivity contribution in [3.05, 3.63) is 94.3 Å². The molecule has 0 aliphatic carbocycles. The van der Waals surface area contributed by atoms with Crippen molar-refractivity contribution < 1.29 is 4.79 Å². The number of hydrogen-bond acceptors (Lipinski definition) is 4. The molecular formula is C27H24N4O2S. The Morgan fingerprint density at radius 2 is 1.76 bits per heavy atom. The van der Waals surface area contributed by atoms with Gasteiger partial charge in [0.1, 0.15) is 11.0 Å². The molecule has 0 bridgehead atoms. The van der Waals surface area contributed by atoms with Crippen molar-refractivity contribution in [2.45, 2.75) is 19.0 Å². The molecule has 1 N–H and O–H groups in total. The van der Waals surface area contributed by atoms with E-state index in [4.69, 9.17) is 4.98 Å². The average Bonchev–Trinajstić information content (AvgIpc) is 3.23. The van der Waals surface area contributed by atoms with Crippen LogP contribution in [0.4, 0.5) is 5.69 Å². The lowest BCUT2D eigenvalue weighted by Gasteiger charge is -2.18. The van der Waals surface area contributed by atoms with Crippen LogP contribution in [0.5, 0.6) is 0 Å². The first kappa shape index (κ1) is 22.0. The zero-order valence-corrected chi connectivity index (χ0v) is 20.0. The molecule has 0 saturated carbocycles. The fourth-order valence-corrected chi connectivity index (χ4v) is 4.94. The Morgan fingerprint density at radius 3 is 2.56 bits per heavy atom. The van der Waals surface area contributed by atoms with Crippen molar-refractivity contribution in [2.24, 2.45) is 0 Å². The lowest BCUT2D eigenvalue weighted by molar-refractivity contribution is -0.115. The van der Waals surface area contributed by atoms with Crippen LogP contribution in [0, 0.1) is 13.8 Å². The van der Waals surface area contributed by atoms with Gasteiger partial charge in [0.05, 0.1) is 11.4 Å². The van der Waals surface area contributed by atoms with Crippen LogP contribution in [-0.4, -0.2) is 33.2 Å². The van der Waals surface area contributed by atoms with Crippen LogP contribution >= 0.6 is 11.8 Å². The van der Waals surface area contributed by atoms with Crippen LogP contribution in [0.2, 0.25) is 0 Å². The maximum absolute atomic E-state index is 13.8. The second-order valence-electron chi connectivity index (χ2n) is 8.30. The van der Waals surface area contributed by atoms with Gasteiger partial charge < -0.3 is 9.88 Å². The fourth-order valence-electron chi connectivity index (χ4n) is 4.03.